The monoisotopic (exact) mass is 308 g/mol. The average Bonchev–Trinajstić information content (AvgIpc) is 3.19. The highest BCUT2D eigenvalue weighted by Gasteiger charge is 2.40. The van der Waals surface area contributed by atoms with Crippen molar-refractivity contribution in [2.75, 3.05) is 6.61 Å². The first-order valence-corrected chi connectivity index (χ1v) is 9.29. The van der Waals surface area contributed by atoms with Crippen LogP contribution in [0.4, 0.5) is 0 Å². The van der Waals surface area contributed by atoms with Gasteiger partial charge in [0.25, 0.3) is 0 Å². The molecular weight excluding hydrogens is 280 g/mol. The second-order valence-electron chi connectivity index (χ2n) is 6.81. The molecule has 1 heterocycles. The molecule has 0 aliphatic heterocycles. The van der Waals surface area contributed by atoms with Crippen molar-refractivity contribution in [3.05, 3.63) is 15.6 Å². The molecule has 0 saturated heterocycles. The Labute approximate surface area is 132 Å². The first-order chi connectivity index (χ1) is 10.1. The van der Waals surface area contributed by atoms with Gasteiger partial charge in [0.1, 0.15) is 10.6 Å². The van der Waals surface area contributed by atoms with Crippen LogP contribution in [0.1, 0.15) is 68.0 Å². The Morgan fingerprint density at radius 2 is 2.19 bits per heavy atom. The van der Waals surface area contributed by atoms with Crippen molar-refractivity contribution in [2.24, 2.45) is 5.92 Å². The summed E-state index contributed by atoms with van der Waals surface area (Å²) in [6.07, 6.45) is 7.53. The van der Waals surface area contributed by atoms with Crippen molar-refractivity contribution < 1.29 is 4.74 Å². The van der Waals surface area contributed by atoms with Crippen LogP contribution in [0.2, 0.25) is 0 Å². The van der Waals surface area contributed by atoms with Crippen LogP contribution in [0.15, 0.2) is 0 Å². The van der Waals surface area contributed by atoms with E-state index < -0.39 is 0 Å². The Morgan fingerprint density at radius 1 is 1.38 bits per heavy atom. The van der Waals surface area contributed by atoms with Gasteiger partial charge >= 0.3 is 0 Å². The molecule has 3 nitrogen and oxygen atoms in total. The molecule has 0 amide bonds. The summed E-state index contributed by atoms with van der Waals surface area (Å²) in [5.41, 5.74) is 1.08. The number of nitrogens with one attached hydrogen (secondary N) is 1. The quantitative estimate of drug-likeness (QED) is 0.857. The topological polar surface area (TPSA) is 34.1 Å². The molecule has 1 aromatic heterocycles. The second kappa shape index (κ2) is 6.35. The summed E-state index contributed by atoms with van der Waals surface area (Å²) in [4.78, 5) is 6.31. The molecule has 1 N–H and O–H groups in total. The number of aryl methyl sites for hydroxylation is 1. The van der Waals surface area contributed by atoms with Crippen LogP contribution in [-0.4, -0.2) is 17.6 Å². The summed E-state index contributed by atoms with van der Waals surface area (Å²) in [7, 11) is 0. The number of ether oxygens (including phenoxy) is 1. The standard InChI is InChI=1S/C17H28N2OS/c1-4-20-17(9-5-6-12(2)10-17)16-19-13(3)15(21-16)11-18-14-7-8-14/h12,14,18H,4-11H2,1-3H3. The van der Waals surface area contributed by atoms with E-state index in [2.05, 4.69) is 26.1 Å². The van der Waals surface area contributed by atoms with E-state index in [1.165, 1.54) is 41.3 Å². The van der Waals surface area contributed by atoms with Crippen molar-refractivity contribution in [1.29, 1.82) is 0 Å². The zero-order valence-electron chi connectivity index (χ0n) is 13.6. The molecule has 118 valence electrons. The molecule has 4 heteroatoms. The van der Waals surface area contributed by atoms with Crippen molar-refractivity contribution in [3.8, 4) is 0 Å². The van der Waals surface area contributed by atoms with Crippen LogP contribution in [0.25, 0.3) is 0 Å². The first-order valence-electron chi connectivity index (χ1n) is 8.47. The zero-order valence-corrected chi connectivity index (χ0v) is 14.4. The molecule has 3 rings (SSSR count). The Bertz CT molecular complexity index is 479. The summed E-state index contributed by atoms with van der Waals surface area (Å²) in [6.45, 7) is 8.36. The maximum atomic E-state index is 6.26. The molecule has 1 aromatic rings. The van der Waals surface area contributed by atoms with Gasteiger partial charge in [0, 0.05) is 24.1 Å². The summed E-state index contributed by atoms with van der Waals surface area (Å²) in [5, 5.41) is 4.84. The highest BCUT2D eigenvalue weighted by molar-refractivity contribution is 7.11. The average molecular weight is 308 g/mol. The van der Waals surface area contributed by atoms with E-state index in [1.807, 2.05) is 11.3 Å². The molecule has 0 spiro atoms. The van der Waals surface area contributed by atoms with Gasteiger partial charge in [-0.1, -0.05) is 13.3 Å². The van der Waals surface area contributed by atoms with Crippen molar-refractivity contribution in [3.63, 3.8) is 0 Å². The van der Waals surface area contributed by atoms with Crippen LogP contribution >= 0.6 is 11.3 Å². The van der Waals surface area contributed by atoms with Gasteiger partial charge < -0.3 is 10.1 Å². The zero-order chi connectivity index (χ0) is 14.9. The lowest BCUT2D eigenvalue weighted by molar-refractivity contribution is -0.0821. The Balaban J connectivity index is 1.79. The summed E-state index contributed by atoms with van der Waals surface area (Å²) < 4.78 is 6.26. The Kier molecular flexibility index (Phi) is 4.67. The van der Waals surface area contributed by atoms with Gasteiger partial charge in [-0.3, -0.25) is 0 Å². The third-order valence-electron chi connectivity index (χ3n) is 4.79. The molecular formula is C17H28N2OS. The van der Waals surface area contributed by atoms with E-state index >= 15 is 0 Å². The Morgan fingerprint density at radius 3 is 2.86 bits per heavy atom. The van der Waals surface area contributed by atoms with Crippen LogP contribution < -0.4 is 5.32 Å². The van der Waals surface area contributed by atoms with Gasteiger partial charge in [-0.2, -0.15) is 0 Å². The van der Waals surface area contributed by atoms with E-state index in [4.69, 9.17) is 9.72 Å². The van der Waals surface area contributed by atoms with E-state index in [-0.39, 0.29) is 5.60 Å². The lowest BCUT2D eigenvalue weighted by atomic mass is 9.79. The highest BCUT2D eigenvalue weighted by Crippen LogP contribution is 2.44. The molecule has 2 saturated carbocycles. The molecule has 2 atom stereocenters. The van der Waals surface area contributed by atoms with Gasteiger partial charge in [-0.15, -0.1) is 11.3 Å². The third kappa shape index (κ3) is 3.49. The molecule has 2 unspecified atom stereocenters. The lowest BCUT2D eigenvalue weighted by Crippen LogP contribution is -2.35. The predicted octanol–water partition coefficient (Wildman–Crippen LogP) is 4.15. The van der Waals surface area contributed by atoms with Gasteiger partial charge in [0.15, 0.2) is 0 Å². The van der Waals surface area contributed by atoms with Gasteiger partial charge in [0.05, 0.1) is 5.69 Å². The smallest absolute Gasteiger partial charge is 0.125 e. The SMILES string of the molecule is CCOC1(c2nc(C)c(CNC3CC3)s2)CCCC(C)C1. The number of rotatable bonds is 6. The molecule has 0 radical (unpaired) electrons. The van der Waals surface area contributed by atoms with E-state index in [0.29, 0.717) is 0 Å². The van der Waals surface area contributed by atoms with Crippen LogP contribution in [0.3, 0.4) is 0 Å². The normalized spacial score (nSPS) is 29.8. The number of nitrogens with zero attached hydrogens (tertiary/aromatic N) is 1. The van der Waals surface area contributed by atoms with Crippen LogP contribution in [0.5, 0.6) is 0 Å². The second-order valence-corrected chi connectivity index (χ2v) is 7.90. The van der Waals surface area contributed by atoms with E-state index in [0.717, 1.165) is 38.0 Å². The predicted molar refractivity (Wildman–Crippen MR) is 87.6 cm³/mol. The minimum Gasteiger partial charge on any atom is -0.368 e. The summed E-state index contributed by atoms with van der Waals surface area (Å²) in [6, 6.07) is 0.755. The lowest BCUT2D eigenvalue weighted by Gasteiger charge is -2.38. The highest BCUT2D eigenvalue weighted by atomic mass is 32.1. The minimum absolute atomic E-state index is 0.111. The fourth-order valence-corrected chi connectivity index (χ4v) is 4.67. The molecule has 0 bridgehead atoms. The maximum absolute atomic E-state index is 6.26. The number of hydrogen-bond donors (Lipinski definition) is 1. The van der Waals surface area contributed by atoms with Crippen LogP contribution in [-0.2, 0) is 16.9 Å². The van der Waals surface area contributed by atoms with Crippen molar-refractivity contribution in [2.45, 2.75) is 77.5 Å². The first kappa shape index (κ1) is 15.4. The van der Waals surface area contributed by atoms with E-state index in [9.17, 15) is 0 Å². The van der Waals surface area contributed by atoms with Crippen molar-refractivity contribution >= 4 is 11.3 Å². The number of hydrogen-bond acceptors (Lipinski definition) is 4. The maximum Gasteiger partial charge on any atom is 0.125 e. The molecule has 21 heavy (non-hydrogen) atoms. The van der Waals surface area contributed by atoms with E-state index in [1.54, 1.807) is 0 Å². The third-order valence-corrected chi connectivity index (χ3v) is 6.13. The molecule has 2 fully saturated rings. The molecule has 0 aromatic carbocycles. The van der Waals surface area contributed by atoms with Gasteiger partial charge in [-0.25, -0.2) is 4.98 Å². The van der Waals surface area contributed by atoms with Gasteiger partial charge in [-0.05, 0) is 51.9 Å². The fraction of sp³-hybridized carbons (Fsp3) is 0.824. The summed E-state index contributed by atoms with van der Waals surface area (Å²) >= 11 is 1.88. The van der Waals surface area contributed by atoms with Crippen molar-refractivity contribution in [1.82, 2.24) is 10.3 Å². The molecule has 2 aliphatic rings. The number of aromatic nitrogens is 1. The Hall–Kier alpha value is -0.450. The fourth-order valence-electron chi connectivity index (χ4n) is 3.48. The molecule has 2 aliphatic carbocycles. The van der Waals surface area contributed by atoms with Crippen LogP contribution in [0, 0.1) is 12.8 Å². The van der Waals surface area contributed by atoms with Gasteiger partial charge in [0.2, 0.25) is 0 Å². The minimum atomic E-state index is -0.111. The number of thiazole rings is 1. The summed E-state index contributed by atoms with van der Waals surface area (Å²) in [5.74, 6) is 0.738. The largest absolute Gasteiger partial charge is 0.368 e.